The van der Waals surface area contributed by atoms with Gasteiger partial charge in [0, 0.05) is 24.6 Å². The van der Waals surface area contributed by atoms with Crippen molar-refractivity contribution in [2.45, 2.75) is 12.8 Å². The van der Waals surface area contributed by atoms with Crippen molar-refractivity contribution in [2.75, 3.05) is 0 Å². The normalized spacial score (nSPS) is 17.6. The Morgan fingerprint density at radius 3 is 1.67 bits per heavy atom. The molecule has 4 aromatic rings. The second-order valence-corrected chi connectivity index (χ2v) is 13.9. The third-order valence-electron chi connectivity index (χ3n) is 8.10. The van der Waals surface area contributed by atoms with Gasteiger partial charge in [0.25, 0.3) is 0 Å². The van der Waals surface area contributed by atoms with Crippen molar-refractivity contribution >= 4 is 54.3 Å². The first kappa shape index (κ1) is 30.3. The number of hydrogen-bond acceptors (Lipinski definition) is 1. The highest BCUT2D eigenvalue weighted by Crippen LogP contribution is 2.44. The molecule has 0 spiro atoms. The van der Waals surface area contributed by atoms with Crippen molar-refractivity contribution in [1.82, 2.24) is 0 Å². The van der Waals surface area contributed by atoms with Gasteiger partial charge in [0.05, 0.1) is 0 Å². The first-order valence-electron chi connectivity index (χ1n) is 15.5. The van der Waals surface area contributed by atoms with Crippen LogP contribution in [0.1, 0.15) is 35.1 Å². The van der Waals surface area contributed by atoms with Gasteiger partial charge in [-0.05, 0) is 81.7 Å². The number of allylic oxidation sites excluding steroid dienone is 13. The summed E-state index contributed by atoms with van der Waals surface area (Å²) in [6.45, 7) is 0. The smallest absolute Gasteiger partial charge is 0.0470 e. The van der Waals surface area contributed by atoms with Crippen LogP contribution in [0.3, 0.4) is 0 Å². The summed E-state index contributed by atoms with van der Waals surface area (Å²) in [6.07, 6.45) is 19.9. The molecule has 0 saturated carbocycles. The Kier molecular flexibility index (Phi) is 9.49. The van der Waals surface area contributed by atoms with Gasteiger partial charge >= 0.3 is 0 Å². The summed E-state index contributed by atoms with van der Waals surface area (Å²) in [5, 5.41) is 0.867. The molecule has 2 heterocycles. The summed E-state index contributed by atoms with van der Waals surface area (Å²) >= 11 is 10.1. The lowest BCUT2D eigenvalue weighted by Crippen LogP contribution is -1.99. The van der Waals surface area contributed by atoms with Crippen molar-refractivity contribution in [2.24, 2.45) is 0 Å². The molecule has 7 rings (SSSR count). The second kappa shape index (κ2) is 14.4. The van der Waals surface area contributed by atoms with E-state index in [0.717, 1.165) is 17.9 Å². The van der Waals surface area contributed by atoms with E-state index in [1.807, 2.05) is 11.8 Å². The molecule has 0 bridgehead atoms. The molecular weight excluding hydrogens is 616 g/mol. The molecule has 0 atom stereocenters. The van der Waals surface area contributed by atoms with Gasteiger partial charge in [-0.15, -0.1) is 0 Å². The molecule has 3 heteroatoms. The molecule has 0 amide bonds. The summed E-state index contributed by atoms with van der Waals surface area (Å²) in [6, 6.07) is 42.6. The van der Waals surface area contributed by atoms with Gasteiger partial charge in [0.1, 0.15) is 0 Å². The number of halogens is 1. The molecule has 0 radical (unpaired) electrons. The number of hydrogen-bond donors (Lipinski definition) is 1. The van der Waals surface area contributed by atoms with Crippen LogP contribution < -0.4 is 0 Å². The van der Waals surface area contributed by atoms with Crippen LogP contribution >= 0.6 is 34.7 Å². The SMILES string of the molecule is ClC1=C(/C=C/C2=CC(c3ccccc3)=[SH]C(c3ccccc3)=C2)CC/C1=C\C=C1C=C(c2ccccc2)SC(c2ccccc2)=C1. The molecule has 4 aromatic carbocycles. The third kappa shape index (κ3) is 7.21. The quantitative estimate of drug-likeness (QED) is 0.154. The number of thioether (sulfide) groups is 1. The Balaban J connectivity index is 1.17. The van der Waals surface area contributed by atoms with E-state index in [0.29, 0.717) is 0 Å². The lowest BCUT2D eigenvalue weighted by molar-refractivity contribution is 1.03. The van der Waals surface area contributed by atoms with E-state index in [1.54, 1.807) is 0 Å². The first-order valence-corrected chi connectivity index (χ1v) is 17.6. The number of rotatable bonds is 7. The minimum Gasteiger partial charge on any atom is -0.161 e. The summed E-state index contributed by atoms with van der Waals surface area (Å²) in [5.74, 6) is 0. The zero-order chi connectivity index (χ0) is 31.1. The second-order valence-electron chi connectivity index (χ2n) is 11.3. The highest BCUT2D eigenvalue weighted by molar-refractivity contribution is 8.16. The Hall–Kier alpha value is -4.34. The maximum atomic E-state index is 7.03. The number of thiol groups is 1. The molecule has 0 unspecified atom stereocenters. The van der Waals surface area contributed by atoms with E-state index in [-0.39, 0.29) is 0 Å². The van der Waals surface area contributed by atoms with E-state index in [9.17, 15) is 0 Å². The van der Waals surface area contributed by atoms with E-state index in [1.165, 1.54) is 75.5 Å². The molecule has 3 aliphatic rings. The van der Waals surface area contributed by atoms with E-state index < -0.39 is 0 Å². The predicted molar refractivity (Wildman–Crippen MR) is 206 cm³/mol. The van der Waals surface area contributed by atoms with Crippen molar-refractivity contribution in [3.8, 4) is 0 Å². The van der Waals surface area contributed by atoms with Crippen molar-refractivity contribution in [3.05, 3.63) is 220 Å². The van der Waals surface area contributed by atoms with E-state index in [4.69, 9.17) is 11.6 Å². The van der Waals surface area contributed by atoms with Gasteiger partial charge in [-0.2, -0.15) is 11.4 Å². The minimum absolute atomic E-state index is 0.867. The molecule has 0 fully saturated rings. The van der Waals surface area contributed by atoms with E-state index >= 15 is 0 Å². The zero-order valence-electron chi connectivity index (χ0n) is 25.3. The summed E-state index contributed by atoms with van der Waals surface area (Å²) in [4.78, 5) is 5.10. The fourth-order valence-electron chi connectivity index (χ4n) is 5.67. The molecule has 0 nitrogen and oxygen atoms in total. The zero-order valence-corrected chi connectivity index (χ0v) is 27.8. The molecular formula is C43H33ClS2. The Bertz CT molecular complexity index is 1920. The molecule has 0 aromatic heterocycles. The topological polar surface area (TPSA) is 0 Å². The standard InChI is InChI=1S/C43H33ClS2/c44-43-37(23-21-31-27-39(33-13-5-1-6-14-33)45-40(28-31)34-15-7-2-8-16-34)25-26-38(43)24-22-32-29-41(35-17-9-3-10-18-35)46-42(30-32)36-19-11-4-12-20-36/h1-24,27-30,45H,25-26H2/b23-21+,38-24+. The Morgan fingerprint density at radius 1 is 0.543 bits per heavy atom. The molecule has 0 saturated heterocycles. The Morgan fingerprint density at radius 2 is 1.09 bits per heavy atom. The third-order valence-corrected chi connectivity index (χ3v) is 11.0. The van der Waals surface area contributed by atoms with Crippen LogP contribution in [0.5, 0.6) is 0 Å². The molecule has 0 N–H and O–H groups in total. The predicted octanol–water partition coefficient (Wildman–Crippen LogP) is 12.2. The molecule has 224 valence electrons. The van der Waals surface area contributed by atoms with Crippen LogP contribution in [-0.2, 0) is 0 Å². The highest BCUT2D eigenvalue weighted by Gasteiger charge is 2.17. The summed E-state index contributed by atoms with van der Waals surface area (Å²) in [7, 11) is 0. The summed E-state index contributed by atoms with van der Waals surface area (Å²) in [5.41, 5.74) is 9.69. The van der Waals surface area contributed by atoms with Gasteiger partial charge in [-0.3, -0.25) is 0 Å². The maximum absolute atomic E-state index is 7.03. The first-order chi connectivity index (χ1) is 22.7. The van der Waals surface area contributed by atoms with Gasteiger partial charge in [-0.1, -0.05) is 169 Å². The minimum atomic E-state index is 0.867. The maximum Gasteiger partial charge on any atom is 0.0470 e. The van der Waals surface area contributed by atoms with Crippen LogP contribution in [-0.4, -0.2) is 4.86 Å². The monoisotopic (exact) mass is 648 g/mol. The van der Waals surface area contributed by atoms with Gasteiger partial charge in [0.15, 0.2) is 0 Å². The van der Waals surface area contributed by atoms with Crippen molar-refractivity contribution in [3.63, 3.8) is 0 Å². The lowest BCUT2D eigenvalue weighted by Gasteiger charge is -2.17. The Labute approximate surface area is 285 Å². The van der Waals surface area contributed by atoms with E-state index in [2.05, 4.69) is 170 Å². The average molecular weight is 649 g/mol. The molecule has 2 aliphatic heterocycles. The fraction of sp³-hybridized carbons (Fsp3) is 0.0465. The number of benzene rings is 4. The van der Waals surface area contributed by atoms with Crippen molar-refractivity contribution < 1.29 is 0 Å². The van der Waals surface area contributed by atoms with Crippen LogP contribution in [0.4, 0.5) is 0 Å². The highest BCUT2D eigenvalue weighted by atomic mass is 35.5. The van der Waals surface area contributed by atoms with Crippen LogP contribution in [0.15, 0.2) is 197 Å². The average Bonchev–Trinajstić information content (AvgIpc) is 3.49. The molecule has 46 heavy (non-hydrogen) atoms. The van der Waals surface area contributed by atoms with Crippen LogP contribution in [0.25, 0.3) is 14.7 Å². The fourth-order valence-corrected chi connectivity index (χ4v) is 8.36. The largest absolute Gasteiger partial charge is 0.161 e. The van der Waals surface area contributed by atoms with Gasteiger partial charge in [0.2, 0.25) is 0 Å². The lowest BCUT2D eigenvalue weighted by atomic mass is 10.1. The molecule has 1 aliphatic carbocycles. The summed E-state index contributed by atoms with van der Waals surface area (Å²) < 4.78 is 0. The van der Waals surface area contributed by atoms with Crippen LogP contribution in [0.2, 0.25) is 0 Å². The van der Waals surface area contributed by atoms with Gasteiger partial charge < -0.3 is 0 Å². The van der Waals surface area contributed by atoms with Crippen molar-refractivity contribution in [1.29, 1.82) is 0 Å². The van der Waals surface area contributed by atoms with Gasteiger partial charge in [-0.25, -0.2) is 0 Å². The van der Waals surface area contributed by atoms with Crippen LogP contribution in [0, 0.1) is 0 Å².